The van der Waals surface area contributed by atoms with Crippen LogP contribution in [0.25, 0.3) is 32.6 Å². The molecule has 0 unspecified atom stereocenters. The zero-order valence-corrected chi connectivity index (χ0v) is 22.5. The van der Waals surface area contributed by atoms with Gasteiger partial charge in [0.1, 0.15) is 16.4 Å². The van der Waals surface area contributed by atoms with Crippen LogP contribution in [0.2, 0.25) is 0 Å². The van der Waals surface area contributed by atoms with E-state index in [9.17, 15) is 32.7 Å². The molecule has 9 nitrogen and oxygen atoms in total. The van der Waals surface area contributed by atoms with Crippen LogP contribution in [0.1, 0.15) is 49.3 Å². The van der Waals surface area contributed by atoms with Crippen molar-refractivity contribution < 1.29 is 32.6 Å². The van der Waals surface area contributed by atoms with Crippen LogP contribution in [-0.4, -0.2) is 44.7 Å². The van der Waals surface area contributed by atoms with Gasteiger partial charge in [0.2, 0.25) is 11.3 Å². The van der Waals surface area contributed by atoms with Crippen molar-refractivity contribution in [1.82, 2.24) is 14.5 Å². The number of nitrogens with zero attached hydrogens (tertiary/aromatic N) is 3. The number of aliphatic hydroxyl groups excluding tert-OH is 1. The summed E-state index contributed by atoms with van der Waals surface area (Å²) in [4.78, 5) is 45.6. The minimum absolute atomic E-state index is 0.0282. The number of pyridine rings is 2. The van der Waals surface area contributed by atoms with Crippen LogP contribution in [0, 0.1) is 0 Å². The fraction of sp³-hybridized carbons (Fsp3) is 0.296. The van der Waals surface area contributed by atoms with Gasteiger partial charge >= 0.3 is 12.1 Å². The maximum atomic E-state index is 13.4. The summed E-state index contributed by atoms with van der Waals surface area (Å²) in [6.45, 7) is 4.53. The molecule has 0 aliphatic carbocycles. The molecule has 4 aromatic rings. The molecule has 0 aliphatic rings. The summed E-state index contributed by atoms with van der Waals surface area (Å²) >= 11 is 0.770. The van der Waals surface area contributed by atoms with Crippen LogP contribution in [0.5, 0.6) is 0 Å². The Morgan fingerprint density at radius 1 is 1.20 bits per heavy atom. The van der Waals surface area contributed by atoms with Crippen molar-refractivity contribution >= 4 is 39.9 Å². The van der Waals surface area contributed by atoms with E-state index >= 15 is 0 Å². The summed E-state index contributed by atoms with van der Waals surface area (Å²) in [7, 11) is 0. The number of fused-ring (bicyclic) bond motifs is 1. The van der Waals surface area contributed by atoms with Gasteiger partial charge < -0.3 is 19.7 Å². The number of ether oxygens (including phenoxy) is 1. The third-order valence-corrected chi connectivity index (χ3v) is 7.02. The molecule has 4 rings (SSSR count). The highest BCUT2D eigenvalue weighted by molar-refractivity contribution is 7.13. The molecule has 1 atom stereocenters. The predicted molar refractivity (Wildman–Crippen MR) is 144 cm³/mol. The largest absolute Gasteiger partial charge is 0.462 e. The Kier molecular flexibility index (Phi) is 8.35. The Labute approximate surface area is 230 Å². The standard InChI is InChI=1S/C27H25F3N4O5S/c1-4-16(12-35)34-11-20(26(38)39-5-2)24(37)18-8-15(6-7-21(18)34)19-10-31-23(32-14(3)36)9-17(19)25-33-22(13-40-25)27(28,29)30/h6-11,13,16,35H,4-5,12H2,1-3H3,(H,31,32,36)/t16-/m0/s1. The first kappa shape index (κ1) is 28.9. The number of esters is 1. The van der Waals surface area contributed by atoms with Crippen LogP contribution < -0.4 is 10.7 Å². The molecule has 210 valence electrons. The molecule has 0 spiro atoms. The molecule has 3 heterocycles. The molecule has 1 aromatic carbocycles. The monoisotopic (exact) mass is 574 g/mol. The SMILES string of the molecule is CCOC(=O)c1cn([C@@H](CC)CO)c2ccc(-c3cnc(NC(C)=O)cc3-c3nc(C(F)(F)F)cs3)cc2c1=O. The van der Waals surface area contributed by atoms with Gasteiger partial charge in [-0.05, 0) is 37.1 Å². The van der Waals surface area contributed by atoms with E-state index in [0.717, 1.165) is 16.7 Å². The highest BCUT2D eigenvalue weighted by Crippen LogP contribution is 2.39. The van der Waals surface area contributed by atoms with Gasteiger partial charge in [-0.1, -0.05) is 13.0 Å². The van der Waals surface area contributed by atoms with E-state index in [0.29, 0.717) is 23.1 Å². The Bertz CT molecular complexity index is 1640. The second-order valence-corrected chi connectivity index (χ2v) is 9.67. The van der Waals surface area contributed by atoms with Gasteiger partial charge in [0, 0.05) is 41.2 Å². The van der Waals surface area contributed by atoms with E-state index in [-0.39, 0.29) is 40.6 Å². The van der Waals surface area contributed by atoms with E-state index in [4.69, 9.17) is 4.74 Å². The maximum absolute atomic E-state index is 13.4. The van der Waals surface area contributed by atoms with Crippen molar-refractivity contribution in [1.29, 1.82) is 0 Å². The molecule has 1 amide bonds. The smallest absolute Gasteiger partial charge is 0.434 e. The van der Waals surface area contributed by atoms with E-state index in [1.807, 2.05) is 6.92 Å². The third-order valence-electron chi connectivity index (χ3n) is 6.15. The number of carbonyl (C=O) groups excluding carboxylic acids is 2. The lowest BCUT2D eigenvalue weighted by atomic mass is 9.99. The van der Waals surface area contributed by atoms with Crippen LogP contribution in [0.15, 0.2) is 46.8 Å². The number of aliphatic hydroxyl groups is 1. The van der Waals surface area contributed by atoms with Crippen molar-refractivity contribution in [2.24, 2.45) is 0 Å². The van der Waals surface area contributed by atoms with Crippen LogP contribution >= 0.6 is 11.3 Å². The third kappa shape index (κ3) is 5.75. The number of benzene rings is 1. The predicted octanol–water partition coefficient (Wildman–Crippen LogP) is 5.28. The van der Waals surface area contributed by atoms with Gasteiger partial charge in [-0.25, -0.2) is 14.8 Å². The molecule has 40 heavy (non-hydrogen) atoms. The number of thiazole rings is 1. The molecular formula is C27H25F3N4O5S. The molecular weight excluding hydrogens is 549 g/mol. The molecule has 2 N–H and O–H groups in total. The fourth-order valence-corrected chi connectivity index (χ4v) is 5.09. The van der Waals surface area contributed by atoms with Crippen molar-refractivity contribution in [2.75, 3.05) is 18.5 Å². The van der Waals surface area contributed by atoms with Crippen LogP contribution in [0.4, 0.5) is 19.0 Å². The Balaban J connectivity index is 1.98. The summed E-state index contributed by atoms with van der Waals surface area (Å²) in [5.41, 5.74) is -0.421. The molecule has 0 radical (unpaired) electrons. The average molecular weight is 575 g/mol. The average Bonchev–Trinajstić information content (AvgIpc) is 3.41. The van der Waals surface area contributed by atoms with Crippen molar-refractivity contribution in [3.8, 4) is 21.7 Å². The lowest BCUT2D eigenvalue weighted by Gasteiger charge is -2.21. The van der Waals surface area contributed by atoms with Crippen molar-refractivity contribution in [3.05, 3.63) is 63.5 Å². The fourth-order valence-electron chi connectivity index (χ4n) is 4.23. The van der Waals surface area contributed by atoms with Crippen LogP contribution in [-0.2, 0) is 15.7 Å². The minimum atomic E-state index is -4.65. The minimum Gasteiger partial charge on any atom is -0.462 e. The second kappa shape index (κ2) is 11.6. The number of rotatable bonds is 8. The quantitative estimate of drug-likeness (QED) is 0.274. The molecule has 0 saturated heterocycles. The van der Waals surface area contributed by atoms with E-state index in [1.165, 1.54) is 31.5 Å². The first-order valence-electron chi connectivity index (χ1n) is 12.3. The maximum Gasteiger partial charge on any atom is 0.434 e. The summed E-state index contributed by atoms with van der Waals surface area (Å²) in [5, 5.41) is 13.5. The van der Waals surface area contributed by atoms with Gasteiger partial charge in [-0.15, -0.1) is 11.3 Å². The number of hydrogen-bond donors (Lipinski definition) is 2. The summed E-state index contributed by atoms with van der Waals surface area (Å²) in [5.74, 6) is -1.13. The van der Waals surface area contributed by atoms with Crippen molar-refractivity contribution in [3.63, 3.8) is 0 Å². The van der Waals surface area contributed by atoms with E-state index in [1.54, 1.807) is 23.6 Å². The number of anilines is 1. The highest BCUT2D eigenvalue weighted by atomic mass is 32.1. The highest BCUT2D eigenvalue weighted by Gasteiger charge is 2.34. The van der Waals surface area contributed by atoms with Gasteiger partial charge in [0.15, 0.2) is 5.69 Å². The first-order chi connectivity index (χ1) is 19.0. The van der Waals surface area contributed by atoms with Crippen molar-refractivity contribution in [2.45, 2.75) is 39.4 Å². The molecule has 3 aromatic heterocycles. The Morgan fingerprint density at radius 2 is 1.95 bits per heavy atom. The first-order valence-corrected chi connectivity index (χ1v) is 13.1. The number of halogens is 3. The van der Waals surface area contributed by atoms with Gasteiger partial charge in [-0.2, -0.15) is 13.2 Å². The van der Waals surface area contributed by atoms with E-state index in [2.05, 4.69) is 15.3 Å². The topological polar surface area (TPSA) is 123 Å². The van der Waals surface area contributed by atoms with E-state index < -0.39 is 35.2 Å². The van der Waals surface area contributed by atoms with Gasteiger partial charge in [0.25, 0.3) is 0 Å². The number of amides is 1. The number of hydrogen-bond acceptors (Lipinski definition) is 8. The van der Waals surface area contributed by atoms with Crippen LogP contribution in [0.3, 0.4) is 0 Å². The zero-order chi connectivity index (χ0) is 29.2. The lowest BCUT2D eigenvalue weighted by Crippen LogP contribution is -2.23. The molecule has 0 saturated carbocycles. The molecule has 0 aliphatic heterocycles. The summed E-state index contributed by atoms with van der Waals surface area (Å²) in [6.07, 6.45) is -1.41. The molecule has 0 bridgehead atoms. The summed E-state index contributed by atoms with van der Waals surface area (Å²) in [6, 6.07) is 5.77. The second-order valence-electron chi connectivity index (χ2n) is 8.81. The normalized spacial score (nSPS) is 12.4. The number of alkyl halides is 3. The molecule has 0 fully saturated rings. The number of aromatic nitrogens is 3. The Hall–Kier alpha value is -4.10. The van der Waals surface area contributed by atoms with Gasteiger partial charge in [0.05, 0.1) is 24.8 Å². The molecule has 13 heteroatoms. The zero-order valence-electron chi connectivity index (χ0n) is 21.7. The number of carbonyl (C=O) groups is 2. The van der Waals surface area contributed by atoms with Gasteiger partial charge in [-0.3, -0.25) is 9.59 Å². The Morgan fingerprint density at radius 3 is 2.55 bits per heavy atom. The lowest BCUT2D eigenvalue weighted by molar-refractivity contribution is -0.140. The number of nitrogens with one attached hydrogen (secondary N) is 1. The summed E-state index contributed by atoms with van der Waals surface area (Å²) < 4.78 is 46.6.